The standard InChI is InChI=1S/C18H17FN2O2S/c1-2-3-9-23-14-7-8-15-16(11-14)24-18(20-15)21-17(22)12-5-4-6-13(19)10-12/h4-8,10-11H,2-3,9H2,1H3,(H,20,21,22). The van der Waals surface area contributed by atoms with Gasteiger partial charge in [-0.1, -0.05) is 30.7 Å². The Morgan fingerprint density at radius 1 is 1.29 bits per heavy atom. The molecule has 1 heterocycles. The van der Waals surface area contributed by atoms with E-state index in [0.717, 1.165) is 28.8 Å². The minimum atomic E-state index is -0.444. The molecule has 6 heteroatoms. The van der Waals surface area contributed by atoms with Crippen molar-refractivity contribution >= 4 is 32.6 Å². The predicted molar refractivity (Wildman–Crippen MR) is 94.4 cm³/mol. The highest BCUT2D eigenvalue weighted by Crippen LogP contribution is 2.29. The van der Waals surface area contributed by atoms with Crippen LogP contribution >= 0.6 is 11.3 Å². The van der Waals surface area contributed by atoms with Crippen molar-refractivity contribution in [1.82, 2.24) is 4.98 Å². The monoisotopic (exact) mass is 344 g/mol. The van der Waals surface area contributed by atoms with Crippen LogP contribution in [0.15, 0.2) is 42.5 Å². The van der Waals surface area contributed by atoms with Crippen LogP contribution in [0.5, 0.6) is 5.75 Å². The molecule has 0 aliphatic rings. The van der Waals surface area contributed by atoms with Crippen molar-refractivity contribution in [3.05, 3.63) is 53.8 Å². The van der Waals surface area contributed by atoms with Crippen LogP contribution in [0.25, 0.3) is 10.2 Å². The van der Waals surface area contributed by atoms with Crippen molar-refractivity contribution in [2.45, 2.75) is 19.8 Å². The molecular weight excluding hydrogens is 327 g/mol. The second-order valence-electron chi connectivity index (χ2n) is 5.32. The Hall–Kier alpha value is -2.47. The van der Waals surface area contributed by atoms with Gasteiger partial charge in [-0.15, -0.1) is 0 Å². The zero-order valence-electron chi connectivity index (χ0n) is 13.2. The first-order valence-corrected chi connectivity index (χ1v) is 8.57. The summed E-state index contributed by atoms with van der Waals surface area (Å²) in [5.41, 5.74) is 1.05. The molecule has 0 saturated carbocycles. The number of carbonyl (C=O) groups excluding carboxylic acids is 1. The van der Waals surface area contributed by atoms with Gasteiger partial charge in [-0.25, -0.2) is 9.37 Å². The number of anilines is 1. The molecule has 1 amide bonds. The maximum Gasteiger partial charge on any atom is 0.257 e. The molecule has 2 aromatic carbocycles. The Morgan fingerprint density at radius 2 is 2.17 bits per heavy atom. The summed E-state index contributed by atoms with van der Waals surface area (Å²) >= 11 is 1.36. The highest BCUT2D eigenvalue weighted by Gasteiger charge is 2.11. The van der Waals surface area contributed by atoms with E-state index in [2.05, 4.69) is 17.2 Å². The summed E-state index contributed by atoms with van der Waals surface area (Å²) in [4.78, 5) is 16.5. The fraction of sp³-hybridized carbons (Fsp3) is 0.222. The van der Waals surface area contributed by atoms with Crippen LogP contribution in [0.2, 0.25) is 0 Å². The van der Waals surface area contributed by atoms with Crippen LogP contribution in [0.4, 0.5) is 9.52 Å². The molecule has 0 saturated heterocycles. The van der Waals surface area contributed by atoms with Crippen LogP contribution < -0.4 is 10.1 Å². The number of fused-ring (bicyclic) bond motifs is 1. The quantitative estimate of drug-likeness (QED) is 0.649. The Morgan fingerprint density at radius 3 is 2.96 bits per heavy atom. The van der Waals surface area contributed by atoms with Gasteiger partial charge in [0, 0.05) is 5.56 Å². The molecule has 1 aromatic heterocycles. The zero-order chi connectivity index (χ0) is 16.9. The number of amides is 1. The average Bonchev–Trinajstić information content (AvgIpc) is 2.96. The van der Waals surface area contributed by atoms with Gasteiger partial charge in [-0.05, 0) is 42.8 Å². The summed E-state index contributed by atoms with van der Waals surface area (Å²) in [5, 5.41) is 3.18. The Kier molecular flexibility index (Phi) is 5.05. The van der Waals surface area contributed by atoms with E-state index < -0.39 is 5.82 Å². The maximum atomic E-state index is 13.2. The summed E-state index contributed by atoms with van der Waals surface area (Å²) in [5.74, 6) is -0.0311. The van der Waals surface area contributed by atoms with Crippen molar-refractivity contribution in [3.8, 4) is 5.75 Å². The molecular formula is C18H17FN2O2S. The highest BCUT2D eigenvalue weighted by atomic mass is 32.1. The molecule has 4 nitrogen and oxygen atoms in total. The fourth-order valence-electron chi connectivity index (χ4n) is 2.18. The van der Waals surface area contributed by atoms with E-state index in [9.17, 15) is 9.18 Å². The number of hydrogen-bond donors (Lipinski definition) is 1. The molecule has 0 aliphatic carbocycles. The Bertz CT molecular complexity index is 863. The lowest BCUT2D eigenvalue weighted by molar-refractivity contribution is 0.102. The van der Waals surface area contributed by atoms with E-state index in [1.165, 1.54) is 29.5 Å². The number of ether oxygens (including phenoxy) is 1. The molecule has 1 N–H and O–H groups in total. The number of benzene rings is 2. The smallest absolute Gasteiger partial charge is 0.257 e. The summed E-state index contributed by atoms with van der Waals surface area (Å²) in [6, 6.07) is 11.2. The number of hydrogen-bond acceptors (Lipinski definition) is 4. The minimum Gasteiger partial charge on any atom is -0.494 e. The van der Waals surface area contributed by atoms with Crippen molar-refractivity contribution in [3.63, 3.8) is 0 Å². The fourth-order valence-corrected chi connectivity index (χ4v) is 3.07. The number of aromatic nitrogens is 1. The van der Waals surface area contributed by atoms with Crippen molar-refractivity contribution in [1.29, 1.82) is 0 Å². The molecule has 124 valence electrons. The minimum absolute atomic E-state index is 0.262. The van der Waals surface area contributed by atoms with E-state index in [4.69, 9.17) is 4.74 Å². The van der Waals surface area contributed by atoms with Crippen molar-refractivity contribution in [2.75, 3.05) is 11.9 Å². The normalized spacial score (nSPS) is 10.8. The van der Waals surface area contributed by atoms with Gasteiger partial charge in [0.1, 0.15) is 11.6 Å². The Balaban J connectivity index is 1.74. The topological polar surface area (TPSA) is 51.2 Å². The molecule has 3 rings (SSSR count). The molecule has 0 unspecified atom stereocenters. The lowest BCUT2D eigenvalue weighted by Gasteiger charge is -2.04. The van der Waals surface area contributed by atoms with Crippen molar-refractivity contribution in [2.24, 2.45) is 0 Å². The van der Waals surface area contributed by atoms with E-state index >= 15 is 0 Å². The van der Waals surface area contributed by atoms with Gasteiger partial charge >= 0.3 is 0 Å². The van der Waals surface area contributed by atoms with Crippen LogP contribution in [-0.4, -0.2) is 17.5 Å². The molecule has 0 fully saturated rings. The molecule has 24 heavy (non-hydrogen) atoms. The maximum absolute atomic E-state index is 13.2. The largest absolute Gasteiger partial charge is 0.494 e. The van der Waals surface area contributed by atoms with Gasteiger partial charge in [0.2, 0.25) is 0 Å². The van der Waals surface area contributed by atoms with Gasteiger partial charge in [0.25, 0.3) is 5.91 Å². The van der Waals surface area contributed by atoms with Gasteiger partial charge in [0.05, 0.1) is 16.8 Å². The Labute approximate surface area is 143 Å². The molecule has 0 spiro atoms. The summed E-state index contributed by atoms with van der Waals surface area (Å²) in [6.07, 6.45) is 2.09. The van der Waals surface area contributed by atoms with Gasteiger partial charge in [-0.3, -0.25) is 10.1 Å². The van der Waals surface area contributed by atoms with E-state index in [1.807, 2.05) is 18.2 Å². The summed E-state index contributed by atoms with van der Waals surface area (Å²) < 4.78 is 19.8. The number of thiazole rings is 1. The third-order valence-corrected chi connectivity index (χ3v) is 4.37. The van der Waals surface area contributed by atoms with E-state index in [0.29, 0.717) is 11.7 Å². The third-order valence-electron chi connectivity index (χ3n) is 3.43. The number of unbranched alkanes of at least 4 members (excludes halogenated alkanes) is 1. The average molecular weight is 344 g/mol. The lowest BCUT2D eigenvalue weighted by atomic mass is 10.2. The number of halogens is 1. The SMILES string of the molecule is CCCCOc1ccc2nc(NC(=O)c3cccc(F)c3)sc2c1. The predicted octanol–water partition coefficient (Wildman–Crippen LogP) is 4.87. The zero-order valence-corrected chi connectivity index (χ0v) is 14.0. The second kappa shape index (κ2) is 7.40. The van der Waals surface area contributed by atoms with Crippen molar-refractivity contribution < 1.29 is 13.9 Å². The summed E-state index contributed by atoms with van der Waals surface area (Å²) in [7, 11) is 0. The highest BCUT2D eigenvalue weighted by molar-refractivity contribution is 7.22. The first-order chi connectivity index (χ1) is 11.7. The van der Waals surface area contributed by atoms with Gasteiger partial charge in [-0.2, -0.15) is 0 Å². The number of carbonyl (C=O) groups is 1. The van der Waals surface area contributed by atoms with Crippen LogP contribution in [-0.2, 0) is 0 Å². The number of rotatable bonds is 6. The molecule has 0 radical (unpaired) electrons. The van der Waals surface area contributed by atoms with E-state index in [-0.39, 0.29) is 11.5 Å². The first-order valence-electron chi connectivity index (χ1n) is 7.76. The lowest BCUT2D eigenvalue weighted by Crippen LogP contribution is -2.11. The first kappa shape index (κ1) is 16.4. The third kappa shape index (κ3) is 3.89. The molecule has 0 bridgehead atoms. The summed E-state index contributed by atoms with van der Waals surface area (Å²) in [6.45, 7) is 2.80. The molecule has 0 atom stereocenters. The number of nitrogens with zero attached hydrogens (tertiary/aromatic N) is 1. The second-order valence-corrected chi connectivity index (χ2v) is 6.35. The van der Waals surface area contributed by atoms with Crippen LogP contribution in [0, 0.1) is 5.82 Å². The van der Waals surface area contributed by atoms with Crippen LogP contribution in [0.1, 0.15) is 30.1 Å². The molecule has 3 aromatic rings. The van der Waals surface area contributed by atoms with Crippen LogP contribution in [0.3, 0.4) is 0 Å². The number of nitrogens with one attached hydrogen (secondary N) is 1. The van der Waals surface area contributed by atoms with Gasteiger partial charge in [0.15, 0.2) is 5.13 Å². The molecule has 0 aliphatic heterocycles. The van der Waals surface area contributed by atoms with E-state index in [1.54, 1.807) is 6.07 Å². The van der Waals surface area contributed by atoms with Gasteiger partial charge < -0.3 is 4.74 Å².